The summed E-state index contributed by atoms with van der Waals surface area (Å²) in [6, 6.07) is 19.7. The Balaban J connectivity index is 1.54. The van der Waals surface area contributed by atoms with Crippen molar-refractivity contribution in [1.29, 1.82) is 0 Å². The fraction of sp³-hybridized carbons (Fsp3) is 0.258. The molecule has 5 rings (SSSR count). The van der Waals surface area contributed by atoms with E-state index < -0.39 is 6.16 Å². The van der Waals surface area contributed by atoms with E-state index in [4.69, 9.17) is 19.8 Å². The molecule has 5 aromatic rings. The summed E-state index contributed by atoms with van der Waals surface area (Å²) >= 11 is 0. The van der Waals surface area contributed by atoms with Crippen molar-refractivity contribution in [3.63, 3.8) is 0 Å². The van der Waals surface area contributed by atoms with Crippen molar-refractivity contribution in [3.8, 4) is 28.3 Å². The lowest BCUT2D eigenvalue weighted by molar-refractivity contribution is 0.144. The normalized spacial score (nSPS) is 11.3. The van der Waals surface area contributed by atoms with Crippen LogP contribution in [0.5, 0.6) is 5.75 Å². The van der Waals surface area contributed by atoms with E-state index in [9.17, 15) is 4.79 Å². The molecule has 2 heterocycles. The van der Waals surface area contributed by atoms with Crippen LogP contribution in [0.2, 0.25) is 0 Å². The zero-order valence-corrected chi connectivity index (χ0v) is 22.4. The Kier molecular flexibility index (Phi) is 6.76. The van der Waals surface area contributed by atoms with E-state index in [2.05, 4.69) is 61.2 Å². The lowest BCUT2D eigenvalue weighted by Gasteiger charge is -2.12. The number of aryl methyl sites for hydroxylation is 3. The molecule has 0 atom stereocenters. The van der Waals surface area contributed by atoms with Gasteiger partial charge in [-0.25, -0.2) is 14.8 Å². The lowest BCUT2D eigenvalue weighted by Crippen LogP contribution is -2.06. The van der Waals surface area contributed by atoms with E-state index in [0.29, 0.717) is 12.3 Å². The molecule has 0 unspecified atom stereocenters. The number of fused-ring (bicyclic) bond motifs is 1. The van der Waals surface area contributed by atoms with Gasteiger partial charge < -0.3 is 19.0 Å². The Morgan fingerprint density at radius 1 is 0.974 bits per heavy atom. The molecule has 0 aliphatic rings. The lowest BCUT2D eigenvalue weighted by atomic mass is 10.0. The first-order valence-electron chi connectivity index (χ1n) is 12.9. The highest BCUT2D eigenvalue weighted by Crippen LogP contribution is 2.32. The van der Waals surface area contributed by atoms with E-state index in [1.54, 1.807) is 12.1 Å². The first-order chi connectivity index (χ1) is 18.3. The number of ether oxygens (including phenoxy) is 1. The SMILES string of the molecule is CCCc1nc2c(C)cc(-c3nc(C)c(C)n3C)cc2n1Cc1ccc(-c2ccccc2OC(=O)O)cc1. The smallest absolute Gasteiger partial charge is 0.449 e. The van der Waals surface area contributed by atoms with Crippen molar-refractivity contribution >= 4 is 17.2 Å². The molecule has 0 bridgehead atoms. The average Bonchev–Trinajstić information content (AvgIpc) is 3.37. The third-order valence-electron chi connectivity index (χ3n) is 7.16. The van der Waals surface area contributed by atoms with Crippen LogP contribution in [0.1, 0.15) is 41.7 Å². The summed E-state index contributed by atoms with van der Waals surface area (Å²) in [5, 5.41) is 9.09. The Morgan fingerprint density at radius 2 is 1.71 bits per heavy atom. The first kappa shape index (κ1) is 25.3. The predicted molar refractivity (Wildman–Crippen MR) is 150 cm³/mol. The van der Waals surface area contributed by atoms with Gasteiger partial charge in [0, 0.05) is 36.8 Å². The monoisotopic (exact) mass is 508 g/mol. The molecule has 7 heteroatoms. The molecule has 0 saturated heterocycles. The van der Waals surface area contributed by atoms with Crippen molar-refractivity contribution in [2.24, 2.45) is 7.05 Å². The van der Waals surface area contributed by atoms with Gasteiger partial charge in [0.2, 0.25) is 0 Å². The Labute approximate surface area is 222 Å². The molecule has 2 aromatic heterocycles. The molecule has 38 heavy (non-hydrogen) atoms. The fourth-order valence-electron chi connectivity index (χ4n) is 5.00. The van der Waals surface area contributed by atoms with Crippen LogP contribution < -0.4 is 4.74 Å². The number of hydrogen-bond acceptors (Lipinski definition) is 4. The van der Waals surface area contributed by atoms with Crippen LogP contribution in [0.3, 0.4) is 0 Å². The quantitative estimate of drug-likeness (QED) is 0.187. The number of carbonyl (C=O) groups is 1. The summed E-state index contributed by atoms with van der Waals surface area (Å²) in [6.07, 6.45) is 0.573. The van der Waals surface area contributed by atoms with E-state index >= 15 is 0 Å². The van der Waals surface area contributed by atoms with Gasteiger partial charge in [0.25, 0.3) is 0 Å². The van der Waals surface area contributed by atoms with E-state index in [0.717, 1.165) is 74.7 Å². The molecule has 0 saturated carbocycles. The molecule has 0 aliphatic heterocycles. The summed E-state index contributed by atoms with van der Waals surface area (Å²) in [5.41, 5.74) is 9.32. The van der Waals surface area contributed by atoms with Crippen molar-refractivity contribution in [3.05, 3.63) is 89.0 Å². The van der Waals surface area contributed by atoms with Crippen LogP contribution in [0.4, 0.5) is 4.79 Å². The van der Waals surface area contributed by atoms with Gasteiger partial charge in [-0.2, -0.15) is 0 Å². The number of para-hydroxylation sites is 1. The van der Waals surface area contributed by atoms with Crippen LogP contribution >= 0.6 is 0 Å². The molecule has 194 valence electrons. The highest BCUT2D eigenvalue weighted by atomic mass is 16.7. The van der Waals surface area contributed by atoms with Gasteiger partial charge >= 0.3 is 6.16 Å². The molecule has 0 amide bonds. The highest BCUT2D eigenvalue weighted by molar-refractivity contribution is 5.85. The highest BCUT2D eigenvalue weighted by Gasteiger charge is 2.17. The van der Waals surface area contributed by atoms with Gasteiger partial charge in [-0.05, 0) is 62.1 Å². The van der Waals surface area contributed by atoms with Crippen molar-refractivity contribution in [2.45, 2.75) is 47.1 Å². The maximum absolute atomic E-state index is 11.1. The maximum atomic E-state index is 11.1. The second-order valence-corrected chi connectivity index (χ2v) is 9.75. The Hall–Kier alpha value is -4.39. The van der Waals surface area contributed by atoms with Gasteiger partial charge in [0.1, 0.15) is 17.4 Å². The largest absolute Gasteiger partial charge is 0.511 e. The van der Waals surface area contributed by atoms with E-state index in [-0.39, 0.29) is 0 Å². The predicted octanol–water partition coefficient (Wildman–Crippen LogP) is 7.09. The Bertz CT molecular complexity index is 1640. The van der Waals surface area contributed by atoms with Crippen LogP contribution in [-0.4, -0.2) is 30.4 Å². The third-order valence-corrected chi connectivity index (χ3v) is 7.16. The number of hydrogen-bond donors (Lipinski definition) is 1. The van der Waals surface area contributed by atoms with Gasteiger partial charge in [-0.1, -0.05) is 49.4 Å². The first-order valence-corrected chi connectivity index (χ1v) is 12.9. The van der Waals surface area contributed by atoms with Gasteiger partial charge in [0.15, 0.2) is 0 Å². The topological polar surface area (TPSA) is 82.2 Å². The van der Waals surface area contributed by atoms with Crippen LogP contribution in [0.25, 0.3) is 33.5 Å². The summed E-state index contributed by atoms with van der Waals surface area (Å²) in [6.45, 7) is 9.11. The molecule has 3 aromatic carbocycles. The molecule has 0 fully saturated rings. The van der Waals surface area contributed by atoms with E-state index in [1.165, 1.54) is 0 Å². The second-order valence-electron chi connectivity index (χ2n) is 9.75. The summed E-state index contributed by atoms with van der Waals surface area (Å²) in [7, 11) is 2.06. The fourth-order valence-corrected chi connectivity index (χ4v) is 5.00. The molecule has 0 radical (unpaired) electrons. The molecule has 7 nitrogen and oxygen atoms in total. The van der Waals surface area contributed by atoms with Crippen molar-refractivity contribution in [2.75, 3.05) is 0 Å². The number of nitrogens with zero attached hydrogens (tertiary/aromatic N) is 4. The minimum absolute atomic E-state index is 0.321. The van der Waals surface area contributed by atoms with Crippen LogP contribution in [-0.2, 0) is 20.0 Å². The van der Waals surface area contributed by atoms with Crippen molar-refractivity contribution in [1.82, 2.24) is 19.1 Å². The standard InChI is InChI=1S/C31H32N4O3/c1-6-9-28-33-29-19(2)16-24(30-32-20(3)21(4)34(30)5)17-26(29)35(28)18-22-12-14-23(15-13-22)25-10-7-8-11-27(25)38-31(36)37/h7-8,10-17H,6,9,18H2,1-5H3,(H,36,37). The molecular weight excluding hydrogens is 476 g/mol. The van der Waals surface area contributed by atoms with Gasteiger partial charge in [-0.3, -0.25) is 0 Å². The zero-order chi connectivity index (χ0) is 27.0. The third kappa shape index (κ3) is 4.67. The summed E-state index contributed by atoms with van der Waals surface area (Å²) in [5.74, 6) is 2.35. The average molecular weight is 509 g/mol. The number of rotatable bonds is 7. The number of aromatic nitrogens is 4. The van der Waals surface area contributed by atoms with Crippen molar-refractivity contribution < 1.29 is 14.6 Å². The molecular formula is C31H32N4O3. The number of imidazole rings is 2. The van der Waals surface area contributed by atoms with Crippen LogP contribution in [0, 0.1) is 20.8 Å². The maximum Gasteiger partial charge on any atom is 0.511 e. The Morgan fingerprint density at radius 3 is 2.37 bits per heavy atom. The van der Waals surface area contributed by atoms with Gasteiger partial charge in [-0.15, -0.1) is 0 Å². The minimum atomic E-state index is -1.32. The summed E-state index contributed by atoms with van der Waals surface area (Å²) in [4.78, 5) is 21.0. The summed E-state index contributed by atoms with van der Waals surface area (Å²) < 4.78 is 9.44. The minimum Gasteiger partial charge on any atom is -0.449 e. The molecule has 1 N–H and O–H groups in total. The number of benzene rings is 3. The molecule has 0 aliphatic carbocycles. The second kappa shape index (κ2) is 10.2. The molecule has 0 spiro atoms. The van der Waals surface area contributed by atoms with Gasteiger partial charge in [0.05, 0.1) is 16.7 Å². The zero-order valence-electron chi connectivity index (χ0n) is 22.4. The van der Waals surface area contributed by atoms with Crippen LogP contribution in [0.15, 0.2) is 60.7 Å². The number of carboxylic acid groups (broad SMARTS) is 1. The van der Waals surface area contributed by atoms with E-state index in [1.807, 2.05) is 31.2 Å².